The van der Waals surface area contributed by atoms with Gasteiger partial charge in [0.2, 0.25) is 5.95 Å². The largest absolute Gasteiger partial charge is 0.341 e. The summed E-state index contributed by atoms with van der Waals surface area (Å²) in [5.41, 5.74) is 2.66. The molecule has 0 atom stereocenters. The number of fused-ring (bicyclic) bond motifs is 1. The maximum absolute atomic E-state index is 12.2. The number of hydrogen-bond acceptors (Lipinski definition) is 5. The van der Waals surface area contributed by atoms with E-state index >= 15 is 0 Å². The van der Waals surface area contributed by atoms with Crippen molar-refractivity contribution >= 4 is 34.6 Å². The number of carbonyl (C=O) groups excluding carboxylic acids is 1. The molecule has 0 spiro atoms. The van der Waals surface area contributed by atoms with Crippen LogP contribution in [0.25, 0.3) is 11.2 Å². The third kappa shape index (κ3) is 1.99. The van der Waals surface area contributed by atoms with E-state index in [1.54, 1.807) is 13.8 Å². The molecule has 8 nitrogen and oxygen atoms in total. The lowest BCUT2D eigenvalue weighted by Gasteiger charge is -2.04. The quantitative estimate of drug-likeness (QED) is 0.621. The van der Waals surface area contributed by atoms with Gasteiger partial charge in [-0.3, -0.25) is 15.2 Å². The van der Waals surface area contributed by atoms with Crippen LogP contribution >= 0.6 is 11.6 Å². The van der Waals surface area contributed by atoms with Crippen molar-refractivity contribution in [2.45, 2.75) is 13.8 Å². The lowest BCUT2D eigenvalue weighted by Crippen LogP contribution is -2.16. The Hall–Kier alpha value is -2.48. The van der Waals surface area contributed by atoms with E-state index in [1.807, 2.05) is 0 Å². The molecule has 0 aliphatic carbocycles. The van der Waals surface area contributed by atoms with Gasteiger partial charge in [-0.2, -0.15) is 15.1 Å². The molecule has 3 aromatic rings. The Labute approximate surface area is 118 Å². The number of H-pyrrole nitrogens is 2. The summed E-state index contributed by atoms with van der Waals surface area (Å²) in [5.74, 6) is -0.251. The van der Waals surface area contributed by atoms with Gasteiger partial charge in [0.25, 0.3) is 5.91 Å². The van der Waals surface area contributed by atoms with E-state index in [0.717, 1.165) is 0 Å². The first-order chi connectivity index (χ1) is 9.56. The van der Waals surface area contributed by atoms with Crippen LogP contribution in [0, 0.1) is 13.8 Å². The number of imidazole rings is 1. The molecule has 20 heavy (non-hydrogen) atoms. The molecule has 9 heteroatoms. The molecular weight excluding hydrogens is 282 g/mol. The Balaban J connectivity index is 1.95. The molecule has 0 bridgehead atoms. The lowest BCUT2D eigenvalue weighted by atomic mass is 10.2. The number of nitrogens with zero attached hydrogens (tertiary/aromatic N) is 4. The van der Waals surface area contributed by atoms with Crippen molar-refractivity contribution in [2.24, 2.45) is 0 Å². The van der Waals surface area contributed by atoms with Gasteiger partial charge in [-0.1, -0.05) is 11.6 Å². The lowest BCUT2D eigenvalue weighted by molar-refractivity contribution is 0.102. The second kappa shape index (κ2) is 4.57. The monoisotopic (exact) mass is 291 g/mol. The Morgan fingerprint density at radius 1 is 1.35 bits per heavy atom. The average molecular weight is 292 g/mol. The fourth-order valence-corrected chi connectivity index (χ4v) is 2.12. The van der Waals surface area contributed by atoms with Crippen LogP contribution in [-0.2, 0) is 0 Å². The highest BCUT2D eigenvalue weighted by atomic mass is 35.5. The zero-order valence-electron chi connectivity index (χ0n) is 10.7. The molecule has 0 unspecified atom stereocenters. The molecule has 0 aromatic carbocycles. The molecule has 0 aliphatic rings. The van der Waals surface area contributed by atoms with Crippen LogP contribution in [0.2, 0.25) is 5.15 Å². The molecular formula is C11H10ClN7O. The van der Waals surface area contributed by atoms with Crippen LogP contribution in [0.15, 0.2) is 6.33 Å². The van der Waals surface area contributed by atoms with Gasteiger partial charge in [-0.05, 0) is 13.8 Å². The SMILES string of the molecule is Cc1n[nH]c(C)c1C(=O)Nc1nc(Cl)c2[nH]cnc2n1. The highest BCUT2D eigenvalue weighted by Crippen LogP contribution is 2.19. The molecule has 3 aromatic heterocycles. The topological polar surface area (TPSA) is 112 Å². The smallest absolute Gasteiger partial charge is 0.261 e. The van der Waals surface area contributed by atoms with Crippen LogP contribution in [0.4, 0.5) is 5.95 Å². The summed E-state index contributed by atoms with van der Waals surface area (Å²) < 4.78 is 0. The first kappa shape index (κ1) is 12.5. The molecule has 0 saturated heterocycles. The number of hydrogen-bond donors (Lipinski definition) is 3. The fourth-order valence-electron chi connectivity index (χ4n) is 1.90. The minimum Gasteiger partial charge on any atom is -0.341 e. The first-order valence-corrected chi connectivity index (χ1v) is 6.13. The molecule has 3 N–H and O–H groups in total. The average Bonchev–Trinajstić information content (AvgIpc) is 2.96. The van der Waals surface area contributed by atoms with Gasteiger partial charge in [-0.15, -0.1) is 0 Å². The summed E-state index contributed by atoms with van der Waals surface area (Å²) in [5, 5.41) is 9.50. The van der Waals surface area contributed by atoms with E-state index < -0.39 is 0 Å². The maximum Gasteiger partial charge on any atom is 0.261 e. The number of aryl methyl sites for hydroxylation is 2. The first-order valence-electron chi connectivity index (χ1n) is 5.76. The maximum atomic E-state index is 12.2. The number of aromatic nitrogens is 6. The second-order valence-electron chi connectivity index (χ2n) is 4.20. The van der Waals surface area contributed by atoms with Gasteiger partial charge in [-0.25, -0.2) is 4.98 Å². The summed E-state index contributed by atoms with van der Waals surface area (Å²) in [7, 11) is 0. The van der Waals surface area contributed by atoms with Crippen molar-refractivity contribution in [1.29, 1.82) is 0 Å². The number of amides is 1. The molecule has 0 radical (unpaired) electrons. The van der Waals surface area contributed by atoms with Crippen LogP contribution in [0.5, 0.6) is 0 Å². The summed E-state index contributed by atoms with van der Waals surface area (Å²) >= 11 is 5.98. The van der Waals surface area contributed by atoms with Crippen LogP contribution < -0.4 is 5.32 Å². The van der Waals surface area contributed by atoms with Gasteiger partial charge < -0.3 is 4.98 Å². The third-order valence-corrected chi connectivity index (χ3v) is 3.10. The zero-order chi connectivity index (χ0) is 14.3. The summed E-state index contributed by atoms with van der Waals surface area (Å²) in [4.78, 5) is 27.1. The van der Waals surface area contributed by atoms with Crippen molar-refractivity contribution < 1.29 is 4.79 Å². The summed E-state index contributed by atoms with van der Waals surface area (Å²) in [6.45, 7) is 3.50. The Morgan fingerprint density at radius 2 is 2.15 bits per heavy atom. The van der Waals surface area contributed by atoms with E-state index in [-0.39, 0.29) is 17.0 Å². The van der Waals surface area contributed by atoms with E-state index in [9.17, 15) is 4.79 Å². The fraction of sp³-hybridized carbons (Fsp3) is 0.182. The van der Waals surface area contributed by atoms with Gasteiger partial charge in [0.1, 0.15) is 5.52 Å². The van der Waals surface area contributed by atoms with Crippen LogP contribution in [0.3, 0.4) is 0 Å². The van der Waals surface area contributed by atoms with Gasteiger partial charge >= 0.3 is 0 Å². The summed E-state index contributed by atoms with van der Waals surface area (Å²) in [6, 6.07) is 0. The molecule has 0 aliphatic heterocycles. The standard InChI is InChI=1S/C11H10ClN7O/c1-4-6(5(2)19-18-4)10(20)17-11-15-8(12)7-9(16-11)14-3-13-7/h3H,1-2H3,(H,18,19)(H2,13,14,15,16,17,20). The molecule has 0 saturated carbocycles. The molecule has 3 heterocycles. The van der Waals surface area contributed by atoms with Crippen molar-refractivity contribution in [3.63, 3.8) is 0 Å². The number of carbonyl (C=O) groups is 1. The highest BCUT2D eigenvalue weighted by molar-refractivity contribution is 6.33. The predicted octanol–water partition coefficient (Wildman–Crippen LogP) is 1.60. The van der Waals surface area contributed by atoms with Crippen molar-refractivity contribution in [1.82, 2.24) is 30.1 Å². The third-order valence-electron chi connectivity index (χ3n) is 2.82. The zero-order valence-corrected chi connectivity index (χ0v) is 11.4. The van der Waals surface area contributed by atoms with Gasteiger partial charge in [0, 0.05) is 5.69 Å². The Kier molecular flexibility index (Phi) is 2.87. The number of rotatable bonds is 2. The van der Waals surface area contributed by atoms with Crippen molar-refractivity contribution in [3.05, 3.63) is 28.4 Å². The number of nitrogens with one attached hydrogen (secondary N) is 3. The minimum absolute atomic E-state index is 0.0969. The van der Waals surface area contributed by atoms with Gasteiger partial charge in [0.15, 0.2) is 10.8 Å². The molecule has 1 amide bonds. The highest BCUT2D eigenvalue weighted by Gasteiger charge is 2.17. The summed E-state index contributed by atoms with van der Waals surface area (Å²) in [6.07, 6.45) is 1.46. The predicted molar refractivity (Wildman–Crippen MR) is 72.7 cm³/mol. The van der Waals surface area contributed by atoms with Crippen molar-refractivity contribution in [3.8, 4) is 0 Å². The van der Waals surface area contributed by atoms with Crippen LogP contribution in [-0.4, -0.2) is 36.0 Å². The molecule has 3 rings (SSSR count). The van der Waals surface area contributed by atoms with E-state index in [2.05, 4.69) is 35.5 Å². The normalized spacial score (nSPS) is 10.9. The number of halogens is 1. The second-order valence-corrected chi connectivity index (χ2v) is 4.56. The molecule has 0 fully saturated rings. The minimum atomic E-state index is -0.347. The van der Waals surface area contributed by atoms with Crippen molar-refractivity contribution in [2.75, 3.05) is 5.32 Å². The van der Waals surface area contributed by atoms with Gasteiger partial charge in [0.05, 0.1) is 17.6 Å². The number of anilines is 1. The van der Waals surface area contributed by atoms with Crippen LogP contribution in [0.1, 0.15) is 21.7 Å². The molecule has 102 valence electrons. The Morgan fingerprint density at radius 3 is 2.85 bits per heavy atom. The van der Waals surface area contributed by atoms with E-state index in [4.69, 9.17) is 11.6 Å². The number of aromatic amines is 2. The van der Waals surface area contributed by atoms with E-state index in [1.165, 1.54) is 6.33 Å². The van der Waals surface area contributed by atoms with E-state index in [0.29, 0.717) is 28.1 Å². The Bertz CT molecular complexity index is 787.